The number of nitrogens with one attached hydrogen (secondary N) is 1. The van der Waals surface area contributed by atoms with Crippen molar-refractivity contribution in [2.45, 2.75) is 151 Å². The molecule has 2 saturated heterocycles. The highest BCUT2D eigenvalue weighted by molar-refractivity contribution is 5.89. The van der Waals surface area contributed by atoms with Gasteiger partial charge in [-0.3, -0.25) is 10.0 Å². The van der Waals surface area contributed by atoms with Gasteiger partial charge >= 0.3 is 5.97 Å². The maximum Gasteiger partial charge on any atom is 0.338 e. The minimum Gasteiger partial charge on any atom is -0.450 e. The molecule has 16 atom stereocenters. The summed E-state index contributed by atoms with van der Waals surface area (Å²) in [6.45, 7) is 4.87. The molecule has 1 aromatic rings. The van der Waals surface area contributed by atoms with Crippen molar-refractivity contribution in [1.82, 2.24) is 5.48 Å². The molecule has 52 heavy (non-hydrogen) atoms. The smallest absolute Gasteiger partial charge is 0.338 e. The summed E-state index contributed by atoms with van der Waals surface area (Å²) in [7, 11) is 0. The Morgan fingerprint density at radius 3 is 2.23 bits per heavy atom. The molecule has 5 fully saturated rings. The van der Waals surface area contributed by atoms with E-state index in [4.69, 9.17) is 28.4 Å². The van der Waals surface area contributed by atoms with Crippen LogP contribution in [0.25, 0.3) is 0 Å². The van der Waals surface area contributed by atoms with Crippen LogP contribution in [0.5, 0.6) is 0 Å². The third-order valence-corrected chi connectivity index (χ3v) is 11.8. The topological polar surface area (TPSA) is 223 Å². The minimum atomic E-state index is -1.58. The number of carbonyl (C=O) groups excluding carboxylic acids is 2. The molecule has 3 saturated carbocycles. The molecule has 16 unspecified atom stereocenters. The van der Waals surface area contributed by atoms with Gasteiger partial charge in [0.1, 0.15) is 36.6 Å². The molecule has 2 aliphatic heterocycles. The van der Waals surface area contributed by atoms with Crippen LogP contribution in [0.2, 0.25) is 0 Å². The van der Waals surface area contributed by atoms with Gasteiger partial charge in [0.25, 0.3) is 5.91 Å². The van der Waals surface area contributed by atoms with E-state index in [9.17, 15) is 40.3 Å². The van der Waals surface area contributed by atoms with Gasteiger partial charge in [-0.15, -0.1) is 0 Å². The molecule has 5 aliphatic rings. The fourth-order valence-corrected chi connectivity index (χ4v) is 8.89. The molecule has 15 nitrogen and oxygen atoms in total. The molecule has 292 valence electrons. The predicted octanol–water partition coefficient (Wildman–Crippen LogP) is 1.18. The molecule has 0 spiro atoms. The molecule has 0 bridgehead atoms. The first-order valence-electron chi connectivity index (χ1n) is 18.7. The van der Waals surface area contributed by atoms with Crippen LogP contribution in [-0.4, -0.2) is 128 Å². The fraction of sp³-hybridized carbons (Fsp3) is 0.784. The molecule has 0 radical (unpaired) electrons. The van der Waals surface area contributed by atoms with Gasteiger partial charge in [0.2, 0.25) is 0 Å². The zero-order chi connectivity index (χ0) is 37.3. The van der Waals surface area contributed by atoms with Gasteiger partial charge in [-0.2, -0.15) is 0 Å². The van der Waals surface area contributed by atoms with Gasteiger partial charge < -0.3 is 54.0 Å². The van der Waals surface area contributed by atoms with Crippen LogP contribution in [0, 0.1) is 23.7 Å². The Hall–Kier alpha value is -2.28. The number of amides is 1. The summed E-state index contributed by atoms with van der Waals surface area (Å²) in [5.74, 6) is -1.69. The lowest BCUT2D eigenvalue weighted by Crippen LogP contribution is -2.64. The lowest BCUT2D eigenvalue weighted by molar-refractivity contribution is -0.350. The number of aliphatic hydroxyl groups is 5. The van der Waals surface area contributed by atoms with E-state index >= 15 is 0 Å². The Bertz CT molecular complexity index is 1350. The number of esters is 1. The van der Waals surface area contributed by atoms with Gasteiger partial charge in [0.05, 0.1) is 30.5 Å². The minimum absolute atomic E-state index is 0.128. The maximum absolute atomic E-state index is 13.6. The van der Waals surface area contributed by atoms with Crippen LogP contribution < -0.4 is 5.48 Å². The second kappa shape index (κ2) is 16.6. The molecule has 6 rings (SSSR count). The summed E-state index contributed by atoms with van der Waals surface area (Å²) in [6, 6.07) is 8.18. The number of rotatable bonds is 11. The lowest BCUT2D eigenvalue weighted by atomic mass is 9.79. The first kappa shape index (κ1) is 39.4. The summed E-state index contributed by atoms with van der Waals surface area (Å²) in [5.41, 5.74) is 0.415. The number of ether oxygens (including phenoxy) is 6. The van der Waals surface area contributed by atoms with Crippen LogP contribution >= 0.6 is 0 Å². The van der Waals surface area contributed by atoms with Gasteiger partial charge in [0, 0.05) is 5.92 Å². The molecule has 3 aliphatic carbocycles. The SMILES string of the molecule is CC1CC(C)C(OC2OC(C)C(O)C(O)C2O)C(OC2OC(CO)C(O)C(OC3(C(=O)NO)CC3C3CCCCC3)C2OC(=O)c2ccccc2)C1. The lowest BCUT2D eigenvalue weighted by Gasteiger charge is -2.48. The van der Waals surface area contributed by atoms with Crippen LogP contribution in [0.1, 0.15) is 82.5 Å². The van der Waals surface area contributed by atoms with Crippen LogP contribution in [0.15, 0.2) is 30.3 Å². The number of hydroxylamine groups is 1. The van der Waals surface area contributed by atoms with E-state index in [1.165, 1.54) is 0 Å². The summed E-state index contributed by atoms with van der Waals surface area (Å²) < 4.78 is 37.4. The van der Waals surface area contributed by atoms with E-state index in [1.807, 2.05) is 13.8 Å². The third kappa shape index (κ3) is 8.05. The number of aliphatic hydroxyl groups excluding tert-OH is 5. The highest BCUT2D eigenvalue weighted by Gasteiger charge is 2.67. The molecule has 1 amide bonds. The van der Waals surface area contributed by atoms with Crippen molar-refractivity contribution in [1.29, 1.82) is 0 Å². The van der Waals surface area contributed by atoms with Crippen molar-refractivity contribution in [3.05, 3.63) is 35.9 Å². The molecule has 0 aromatic heterocycles. The van der Waals surface area contributed by atoms with E-state index in [0.29, 0.717) is 6.42 Å². The van der Waals surface area contributed by atoms with Crippen molar-refractivity contribution < 1.29 is 68.8 Å². The van der Waals surface area contributed by atoms with Crippen LogP contribution in [-0.2, 0) is 33.2 Å². The summed E-state index contributed by atoms with van der Waals surface area (Å²) in [6.07, 6.45) is -8.97. The highest BCUT2D eigenvalue weighted by atomic mass is 16.7. The number of hydrogen-bond acceptors (Lipinski definition) is 14. The van der Waals surface area contributed by atoms with Gasteiger partial charge in [-0.05, 0) is 56.1 Å². The standard InChI is InChI=1S/C37H55NO14/c1-18-14-19(2)30(51-34-29(43)28(42)26(40)20(3)47-34)24(15-18)48-35-32(50-33(44)22-12-8-5-9-13-22)31(27(41)25(17-39)49-35)52-37(36(45)38-46)16-23(37)21-10-6-4-7-11-21/h5,8-9,12-13,18-21,23-32,34-35,39-43,46H,4,6-7,10-11,14-17H2,1-3H3,(H,38,45). The zero-order valence-corrected chi connectivity index (χ0v) is 29.9. The van der Waals surface area contributed by atoms with Crippen molar-refractivity contribution >= 4 is 11.9 Å². The van der Waals surface area contributed by atoms with Crippen molar-refractivity contribution in [2.24, 2.45) is 23.7 Å². The van der Waals surface area contributed by atoms with E-state index in [1.54, 1.807) is 42.7 Å². The average molecular weight is 738 g/mol. The largest absolute Gasteiger partial charge is 0.450 e. The Balaban J connectivity index is 1.32. The second-order valence-corrected chi connectivity index (χ2v) is 15.6. The van der Waals surface area contributed by atoms with Crippen molar-refractivity contribution in [3.63, 3.8) is 0 Å². The van der Waals surface area contributed by atoms with Gasteiger partial charge in [-0.25, -0.2) is 10.3 Å². The van der Waals surface area contributed by atoms with Gasteiger partial charge in [-0.1, -0.05) is 64.2 Å². The quantitative estimate of drug-likeness (QED) is 0.0963. The van der Waals surface area contributed by atoms with E-state index in [-0.39, 0.29) is 35.7 Å². The molecule has 7 N–H and O–H groups in total. The maximum atomic E-state index is 13.6. The van der Waals surface area contributed by atoms with Crippen molar-refractivity contribution in [2.75, 3.05) is 6.61 Å². The predicted molar refractivity (Wildman–Crippen MR) is 179 cm³/mol. The van der Waals surface area contributed by atoms with Crippen LogP contribution in [0.3, 0.4) is 0 Å². The average Bonchev–Trinajstić information content (AvgIpc) is 3.88. The fourth-order valence-electron chi connectivity index (χ4n) is 8.89. The highest BCUT2D eigenvalue weighted by Crippen LogP contribution is 2.56. The Morgan fingerprint density at radius 1 is 0.846 bits per heavy atom. The van der Waals surface area contributed by atoms with E-state index in [0.717, 1.165) is 38.5 Å². The molecule has 1 aromatic carbocycles. The Kier molecular flexibility index (Phi) is 12.6. The summed E-state index contributed by atoms with van der Waals surface area (Å²) in [5, 5.41) is 63.3. The first-order valence-corrected chi connectivity index (χ1v) is 18.7. The second-order valence-electron chi connectivity index (χ2n) is 15.6. The van der Waals surface area contributed by atoms with E-state index < -0.39 is 97.7 Å². The summed E-state index contributed by atoms with van der Waals surface area (Å²) in [4.78, 5) is 27.0. The Morgan fingerprint density at radius 2 is 1.56 bits per heavy atom. The number of hydrogen-bond donors (Lipinski definition) is 7. The number of benzene rings is 1. The van der Waals surface area contributed by atoms with Gasteiger partial charge in [0.15, 0.2) is 24.3 Å². The zero-order valence-electron chi connectivity index (χ0n) is 29.9. The third-order valence-electron chi connectivity index (χ3n) is 11.8. The van der Waals surface area contributed by atoms with Crippen LogP contribution in [0.4, 0.5) is 0 Å². The first-order chi connectivity index (χ1) is 24.9. The van der Waals surface area contributed by atoms with Crippen molar-refractivity contribution in [3.8, 4) is 0 Å². The summed E-state index contributed by atoms with van der Waals surface area (Å²) >= 11 is 0. The molecular weight excluding hydrogens is 682 g/mol. The Labute approximate surface area is 303 Å². The molecular formula is C37H55NO14. The molecule has 2 heterocycles. The van der Waals surface area contributed by atoms with E-state index in [2.05, 4.69) is 0 Å². The normalized spacial score (nSPS) is 44.1. The molecule has 15 heteroatoms. The monoisotopic (exact) mass is 737 g/mol. The number of carbonyl (C=O) groups is 2.